The summed E-state index contributed by atoms with van der Waals surface area (Å²) in [6.45, 7) is 2.37. The Balaban J connectivity index is 1.64. The van der Waals surface area contributed by atoms with Gasteiger partial charge >= 0.3 is 5.97 Å². The normalized spacial score (nSPS) is 11.0. The van der Waals surface area contributed by atoms with Crippen molar-refractivity contribution in [3.05, 3.63) is 120 Å². The third-order valence-corrected chi connectivity index (χ3v) is 8.12. The van der Waals surface area contributed by atoms with Crippen LogP contribution in [0.4, 0.5) is 11.4 Å². The predicted molar refractivity (Wildman–Crippen MR) is 159 cm³/mol. The van der Waals surface area contributed by atoms with Crippen LogP contribution in [0.1, 0.15) is 46.0 Å². The zero-order chi connectivity index (χ0) is 29.2. The molecular weight excluding hydrogens is 540 g/mol. The van der Waals surface area contributed by atoms with Crippen molar-refractivity contribution in [1.29, 1.82) is 0 Å². The van der Waals surface area contributed by atoms with E-state index in [0.717, 1.165) is 18.4 Å². The summed E-state index contributed by atoms with van der Waals surface area (Å²) in [5, 5.41) is 2.81. The molecule has 4 aromatic carbocycles. The van der Waals surface area contributed by atoms with Gasteiger partial charge < -0.3 is 14.8 Å². The Morgan fingerprint density at radius 2 is 1.49 bits per heavy atom. The molecule has 0 aliphatic carbocycles. The van der Waals surface area contributed by atoms with Crippen molar-refractivity contribution >= 4 is 33.3 Å². The Labute approximate surface area is 240 Å². The lowest BCUT2D eigenvalue weighted by atomic mass is 10.1. The highest BCUT2D eigenvalue weighted by Gasteiger charge is 2.29. The predicted octanol–water partition coefficient (Wildman–Crippen LogP) is 6.30. The van der Waals surface area contributed by atoms with Crippen molar-refractivity contribution in [3.63, 3.8) is 0 Å². The molecule has 0 heterocycles. The Kier molecular flexibility index (Phi) is 9.76. The molecule has 41 heavy (non-hydrogen) atoms. The number of methoxy groups -OCH3 is 1. The number of amides is 1. The standard InChI is InChI=1S/C32H32N2O6S/c1-3-4-22-40-32(36)25-14-16-26(17-15-25)33-31(35)29-12-8-9-13-30(29)34(23-24-10-6-5-7-11-24)41(37,38)28-20-18-27(39-2)19-21-28/h5-21H,3-4,22-23H2,1-2H3,(H,33,35). The molecule has 0 radical (unpaired) electrons. The third-order valence-electron chi connectivity index (χ3n) is 6.34. The lowest BCUT2D eigenvalue weighted by Gasteiger charge is -2.26. The number of unbranched alkanes of at least 4 members (excludes halogenated alkanes) is 1. The van der Waals surface area contributed by atoms with Crippen LogP contribution < -0.4 is 14.4 Å². The minimum atomic E-state index is -4.08. The average Bonchev–Trinajstić information content (AvgIpc) is 3.00. The third kappa shape index (κ3) is 7.32. The molecule has 0 aliphatic heterocycles. The summed E-state index contributed by atoms with van der Waals surface area (Å²) in [5.74, 6) is -0.401. The molecule has 1 amide bonds. The number of esters is 1. The minimum absolute atomic E-state index is 0.00827. The van der Waals surface area contributed by atoms with Crippen LogP contribution in [-0.4, -0.2) is 34.0 Å². The molecule has 4 aromatic rings. The van der Waals surface area contributed by atoms with Crippen LogP contribution in [0.25, 0.3) is 0 Å². The van der Waals surface area contributed by atoms with Gasteiger partial charge in [-0.3, -0.25) is 9.10 Å². The van der Waals surface area contributed by atoms with E-state index >= 15 is 0 Å². The van der Waals surface area contributed by atoms with Crippen LogP contribution in [0.15, 0.2) is 108 Å². The van der Waals surface area contributed by atoms with Crippen LogP contribution in [0, 0.1) is 0 Å². The molecule has 0 spiro atoms. The van der Waals surface area contributed by atoms with E-state index in [1.165, 1.54) is 23.5 Å². The van der Waals surface area contributed by atoms with Gasteiger partial charge in [-0.1, -0.05) is 55.8 Å². The maximum absolute atomic E-state index is 14.0. The van der Waals surface area contributed by atoms with Crippen molar-refractivity contribution in [2.75, 3.05) is 23.3 Å². The van der Waals surface area contributed by atoms with Gasteiger partial charge in [-0.15, -0.1) is 0 Å². The van der Waals surface area contributed by atoms with Gasteiger partial charge in [0.2, 0.25) is 0 Å². The lowest BCUT2D eigenvalue weighted by molar-refractivity contribution is 0.0499. The quantitative estimate of drug-likeness (QED) is 0.158. The molecule has 9 heteroatoms. The summed E-state index contributed by atoms with van der Waals surface area (Å²) in [4.78, 5) is 25.8. The second-order valence-electron chi connectivity index (χ2n) is 9.21. The van der Waals surface area contributed by atoms with Gasteiger partial charge in [0.15, 0.2) is 0 Å². The van der Waals surface area contributed by atoms with E-state index in [1.54, 1.807) is 60.7 Å². The molecule has 212 valence electrons. The second kappa shape index (κ2) is 13.6. The van der Waals surface area contributed by atoms with Gasteiger partial charge in [-0.2, -0.15) is 0 Å². The summed E-state index contributed by atoms with van der Waals surface area (Å²) < 4.78 is 39.6. The number of benzene rings is 4. The van der Waals surface area contributed by atoms with Crippen molar-refractivity contribution < 1.29 is 27.5 Å². The number of carbonyl (C=O) groups is 2. The van der Waals surface area contributed by atoms with E-state index in [-0.39, 0.29) is 22.7 Å². The largest absolute Gasteiger partial charge is 0.497 e. The van der Waals surface area contributed by atoms with Gasteiger partial charge in [0.25, 0.3) is 15.9 Å². The zero-order valence-electron chi connectivity index (χ0n) is 22.9. The van der Waals surface area contributed by atoms with Gasteiger partial charge in [0.1, 0.15) is 5.75 Å². The summed E-state index contributed by atoms with van der Waals surface area (Å²) in [5.41, 5.74) is 1.97. The molecule has 0 unspecified atom stereocenters. The summed E-state index contributed by atoms with van der Waals surface area (Å²) in [7, 11) is -2.58. The first-order valence-corrected chi connectivity index (χ1v) is 14.7. The van der Waals surface area contributed by atoms with Crippen molar-refractivity contribution in [2.45, 2.75) is 31.2 Å². The maximum Gasteiger partial charge on any atom is 0.338 e. The minimum Gasteiger partial charge on any atom is -0.497 e. The smallest absolute Gasteiger partial charge is 0.338 e. The van der Waals surface area contributed by atoms with Crippen molar-refractivity contribution in [1.82, 2.24) is 0 Å². The molecule has 0 bridgehead atoms. The van der Waals surface area contributed by atoms with Crippen LogP contribution in [0.5, 0.6) is 5.75 Å². The summed E-state index contributed by atoms with van der Waals surface area (Å²) in [6, 6.07) is 28.2. The molecule has 0 saturated carbocycles. The number of para-hydroxylation sites is 1. The second-order valence-corrected chi connectivity index (χ2v) is 11.1. The Bertz CT molecular complexity index is 1570. The number of nitrogens with one attached hydrogen (secondary N) is 1. The fourth-order valence-electron chi connectivity index (χ4n) is 4.09. The first kappa shape index (κ1) is 29.4. The van der Waals surface area contributed by atoms with E-state index < -0.39 is 21.9 Å². The van der Waals surface area contributed by atoms with Crippen molar-refractivity contribution in [3.8, 4) is 5.75 Å². The number of ether oxygens (including phenoxy) is 2. The summed E-state index contributed by atoms with van der Waals surface area (Å²) in [6.07, 6.45) is 1.71. The number of rotatable bonds is 12. The Hall–Kier alpha value is -4.63. The highest BCUT2D eigenvalue weighted by atomic mass is 32.2. The van der Waals surface area contributed by atoms with E-state index in [1.807, 2.05) is 37.3 Å². The van der Waals surface area contributed by atoms with Gasteiger partial charge in [0.05, 0.1) is 42.0 Å². The molecule has 0 saturated heterocycles. The molecule has 1 N–H and O–H groups in total. The maximum atomic E-state index is 14.0. The average molecular weight is 573 g/mol. The van der Waals surface area contributed by atoms with E-state index in [4.69, 9.17) is 9.47 Å². The van der Waals surface area contributed by atoms with Crippen LogP contribution >= 0.6 is 0 Å². The molecule has 8 nitrogen and oxygen atoms in total. The van der Waals surface area contributed by atoms with E-state index in [2.05, 4.69) is 5.32 Å². The van der Waals surface area contributed by atoms with Crippen molar-refractivity contribution in [2.24, 2.45) is 0 Å². The topological polar surface area (TPSA) is 102 Å². The molecule has 0 aromatic heterocycles. The SMILES string of the molecule is CCCCOC(=O)c1ccc(NC(=O)c2ccccc2N(Cc2ccccc2)S(=O)(=O)c2ccc(OC)cc2)cc1. The van der Waals surface area contributed by atoms with Gasteiger partial charge in [-0.25, -0.2) is 13.2 Å². The van der Waals surface area contributed by atoms with Crippen LogP contribution in [0.2, 0.25) is 0 Å². The number of nitrogens with zero attached hydrogens (tertiary/aromatic N) is 1. The van der Waals surface area contributed by atoms with Crippen LogP contribution in [0.3, 0.4) is 0 Å². The summed E-state index contributed by atoms with van der Waals surface area (Å²) >= 11 is 0. The number of carbonyl (C=O) groups excluding carboxylic acids is 2. The molecular formula is C32H32N2O6S. The van der Waals surface area contributed by atoms with E-state index in [0.29, 0.717) is 23.6 Å². The number of hydrogen-bond acceptors (Lipinski definition) is 6. The van der Waals surface area contributed by atoms with Gasteiger partial charge in [0, 0.05) is 5.69 Å². The highest BCUT2D eigenvalue weighted by Crippen LogP contribution is 2.30. The molecule has 4 rings (SSSR count). The van der Waals surface area contributed by atoms with Gasteiger partial charge in [-0.05, 0) is 72.6 Å². The molecule has 0 aliphatic rings. The number of sulfonamides is 1. The fraction of sp³-hybridized carbons (Fsp3) is 0.188. The monoisotopic (exact) mass is 572 g/mol. The number of hydrogen-bond donors (Lipinski definition) is 1. The van der Waals surface area contributed by atoms with E-state index in [9.17, 15) is 18.0 Å². The van der Waals surface area contributed by atoms with Crippen LogP contribution in [-0.2, 0) is 21.3 Å². The molecule has 0 fully saturated rings. The first-order valence-electron chi connectivity index (χ1n) is 13.2. The molecule has 0 atom stereocenters. The highest BCUT2D eigenvalue weighted by molar-refractivity contribution is 7.92. The Morgan fingerprint density at radius 3 is 2.15 bits per heavy atom. The fourth-order valence-corrected chi connectivity index (χ4v) is 5.56. The lowest BCUT2D eigenvalue weighted by Crippen LogP contribution is -2.32. The number of anilines is 2. The first-order chi connectivity index (χ1) is 19.8. The Morgan fingerprint density at radius 1 is 0.829 bits per heavy atom. The zero-order valence-corrected chi connectivity index (χ0v) is 23.8.